The molecule has 28 heavy (non-hydrogen) atoms. The van der Waals surface area contributed by atoms with Crippen molar-refractivity contribution in [3.8, 4) is 0 Å². The van der Waals surface area contributed by atoms with Crippen molar-refractivity contribution in [2.75, 3.05) is 18.0 Å². The normalized spacial score (nSPS) is 19.0. The molecule has 2 aliphatic rings. The number of benzene rings is 1. The van der Waals surface area contributed by atoms with Gasteiger partial charge in [-0.2, -0.15) is 0 Å². The summed E-state index contributed by atoms with van der Waals surface area (Å²) < 4.78 is 2.26. The van der Waals surface area contributed by atoms with Crippen LogP contribution in [0.1, 0.15) is 48.8 Å². The Kier molecular flexibility index (Phi) is 4.35. The molecule has 3 heterocycles. The average molecular weight is 394 g/mol. The minimum absolute atomic E-state index is 0.0590. The molecule has 1 aliphatic carbocycles. The maximum atomic E-state index is 6.32. The van der Waals surface area contributed by atoms with Gasteiger partial charge in [0.1, 0.15) is 17.5 Å². The fourth-order valence-corrected chi connectivity index (χ4v) is 4.84. The van der Waals surface area contributed by atoms with Gasteiger partial charge < -0.3 is 9.47 Å². The molecule has 0 atom stereocenters. The lowest BCUT2D eigenvalue weighted by atomic mass is 9.94. The number of hydrogen-bond donors (Lipinski definition) is 0. The third-order valence-electron chi connectivity index (χ3n) is 6.31. The first-order valence-corrected chi connectivity index (χ1v) is 10.4. The van der Waals surface area contributed by atoms with Crippen LogP contribution in [0.5, 0.6) is 0 Å². The number of aromatic nitrogens is 4. The third-order valence-corrected chi connectivity index (χ3v) is 6.61. The van der Waals surface area contributed by atoms with Crippen molar-refractivity contribution in [2.45, 2.75) is 37.0 Å². The highest BCUT2D eigenvalue weighted by Crippen LogP contribution is 2.52. The second kappa shape index (κ2) is 6.89. The lowest BCUT2D eigenvalue weighted by Gasteiger charge is -2.32. The summed E-state index contributed by atoms with van der Waals surface area (Å²) in [4.78, 5) is 6.74. The van der Waals surface area contributed by atoms with E-state index in [1.807, 2.05) is 12.1 Å². The van der Waals surface area contributed by atoms with Crippen LogP contribution in [0.2, 0.25) is 5.02 Å². The van der Waals surface area contributed by atoms with Crippen LogP contribution in [0.4, 0.5) is 5.82 Å². The molecule has 6 heteroatoms. The van der Waals surface area contributed by atoms with Crippen molar-refractivity contribution in [3.63, 3.8) is 0 Å². The molecule has 1 saturated heterocycles. The first kappa shape index (κ1) is 17.7. The fourth-order valence-electron chi connectivity index (χ4n) is 4.60. The second-order valence-corrected chi connectivity index (χ2v) is 8.37. The zero-order valence-corrected chi connectivity index (χ0v) is 16.8. The van der Waals surface area contributed by atoms with Crippen molar-refractivity contribution in [2.24, 2.45) is 7.05 Å². The lowest BCUT2D eigenvalue weighted by molar-refractivity contribution is 0.469. The zero-order valence-electron chi connectivity index (χ0n) is 16.1. The van der Waals surface area contributed by atoms with E-state index in [1.54, 1.807) is 6.20 Å². The maximum absolute atomic E-state index is 6.32. The Hall–Kier alpha value is -2.40. The van der Waals surface area contributed by atoms with Gasteiger partial charge in [0.05, 0.1) is 10.4 Å². The minimum Gasteiger partial charge on any atom is -0.355 e. The summed E-state index contributed by atoms with van der Waals surface area (Å²) in [6.45, 7) is 1.88. The van der Waals surface area contributed by atoms with Gasteiger partial charge in [-0.15, -0.1) is 10.2 Å². The molecule has 0 radical (unpaired) electrons. The van der Waals surface area contributed by atoms with Gasteiger partial charge in [0.25, 0.3) is 0 Å². The van der Waals surface area contributed by atoms with E-state index in [9.17, 15) is 0 Å². The van der Waals surface area contributed by atoms with Crippen LogP contribution in [-0.4, -0.2) is 32.8 Å². The molecule has 1 saturated carbocycles. The van der Waals surface area contributed by atoms with E-state index >= 15 is 0 Å². The second-order valence-electron chi connectivity index (χ2n) is 7.96. The Morgan fingerprint density at radius 2 is 1.75 bits per heavy atom. The summed E-state index contributed by atoms with van der Waals surface area (Å²) in [7, 11) is 2.13. The van der Waals surface area contributed by atoms with E-state index in [-0.39, 0.29) is 5.41 Å². The first-order chi connectivity index (χ1) is 13.7. The molecule has 0 N–H and O–H groups in total. The van der Waals surface area contributed by atoms with Gasteiger partial charge in [-0.1, -0.05) is 41.9 Å². The lowest BCUT2D eigenvalue weighted by Crippen LogP contribution is -2.34. The highest BCUT2D eigenvalue weighted by atomic mass is 35.5. The van der Waals surface area contributed by atoms with Crippen molar-refractivity contribution in [1.82, 2.24) is 19.7 Å². The van der Waals surface area contributed by atoms with Crippen molar-refractivity contribution in [3.05, 3.63) is 70.9 Å². The van der Waals surface area contributed by atoms with E-state index in [4.69, 9.17) is 11.6 Å². The van der Waals surface area contributed by atoms with E-state index in [2.05, 4.69) is 62.0 Å². The largest absolute Gasteiger partial charge is 0.355 e. The number of piperidine rings is 1. The molecular formula is C22H24ClN5. The molecule has 0 unspecified atom stereocenters. The summed E-state index contributed by atoms with van der Waals surface area (Å²) in [6, 6.07) is 14.5. The number of hydrogen-bond acceptors (Lipinski definition) is 4. The predicted molar refractivity (Wildman–Crippen MR) is 111 cm³/mol. The number of nitrogens with zero attached hydrogens (tertiary/aromatic N) is 5. The molecular weight excluding hydrogens is 370 g/mol. The van der Waals surface area contributed by atoms with Crippen LogP contribution in [0, 0.1) is 0 Å². The molecule has 2 fully saturated rings. The van der Waals surface area contributed by atoms with Gasteiger partial charge in [-0.05, 0) is 43.4 Å². The van der Waals surface area contributed by atoms with Crippen LogP contribution in [0.15, 0.2) is 48.7 Å². The van der Waals surface area contributed by atoms with E-state index < -0.39 is 0 Å². The standard InChI is InChI=1S/C22H24ClN5/c1-27-19(16-9-14-28(15-10-16)20-18(23)8-5-13-24-20)25-26-21(27)22(11-12-22)17-6-3-2-4-7-17/h2-8,13,16H,9-12,14-15H2,1H3. The molecule has 144 valence electrons. The Labute approximate surface area is 170 Å². The smallest absolute Gasteiger partial charge is 0.147 e. The molecule has 0 amide bonds. The van der Waals surface area contributed by atoms with Crippen LogP contribution in [-0.2, 0) is 12.5 Å². The van der Waals surface area contributed by atoms with Crippen molar-refractivity contribution in [1.29, 1.82) is 0 Å². The first-order valence-electron chi connectivity index (χ1n) is 10.00. The van der Waals surface area contributed by atoms with Crippen LogP contribution in [0.25, 0.3) is 0 Å². The van der Waals surface area contributed by atoms with Crippen molar-refractivity contribution < 1.29 is 0 Å². The quantitative estimate of drug-likeness (QED) is 0.662. The van der Waals surface area contributed by atoms with Gasteiger partial charge in [0.15, 0.2) is 0 Å². The van der Waals surface area contributed by atoms with Gasteiger partial charge >= 0.3 is 0 Å². The highest BCUT2D eigenvalue weighted by molar-refractivity contribution is 6.32. The van der Waals surface area contributed by atoms with Gasteiger partial charge in [0, 0.05) is 32.3 Å². The van der Waals surface area contributed by atoms with Crippen LogP contribution in [0.3, 0.4) is 0 Å². The summed E-state index contributed by atoms with van der Waals surface area (Å²) in [5.74, 6) is 3.55. The summed E-state index contributed by atoms with van der Waals surface area (Å²) in [6.07, 6.45) is 6.19. The molecule has 0 spiro atoms. The molecule has 3 aromatic rings. The van der Waals surface area contributed by atoms with Gasteiger partial charge in [0.2, 0.25) is 0 Å². The predicted octanol–water partition coefficient (Wildman–Crippen LogP) is 4.33. The minimum atomic E-state index is 0.0590. The average Bonchev–Trinajstić information content (AvgIpc) is 3.46. The molecule has 5 rings (SSSR count). The van der Waals surface area contributed by atoms with Crippen molar-refractivity contribution >= 4 is 17.4 Å². The SMILES string of the molecule is Cn1c(C2CCN(c3ncccc3Cl)CC2)nnc1C1(c2ccccc2)CC1. The summed E-state index contributed by atoms with van der Waals surface area (Å²) in [5.41, 5.74) is 1.42. The number of rotatable bonds is 4. The topological polar surface area (TPSA) is 46.8 Å². The molecule has 1 aliphatic heterocycles. The molecule has 1 aromatic carbocycles. The third kappa shape index (κ3) is 2.89. The Bertz CT molecular complexity index is 972. The van der Waals surface area contributed by atoms with Gasteiger partial charge in [-0.25, -0.2) is 4.98 Å². The summed E-state index contributed by atoms with van der Waals surface area (Å²) >= 11 is 6.32. The van der Waals surface area contributed by atoms with E-state index in [0.29, 0.717) is 5.92 Å². The summed E-state index contributed by atoms with van der Waals surface area (Å²) in [5, 5.41) is 10.0. The van der Waals surface area contributed by atoms with Crippen LogP contribution < -0.4 is 4.90 Å². The molecule has 2 aromatic heterocycles. The Morgan fingerprint density at radius 3 is 2.43 bits per heavy atom. The Morgan fingerprint density at radius 1 is 1.00 bits per heavy atom. The maximum Gasteiger partial charge on any atom is 0.147 e. The zero-order chi connectivity index (χ0) is 19.1. The highest BCUT2D eigenvalue weighted by Gasteiger charge is 2.50. The number of halogens is 1. The molecule has 0 bridgehead atoms. The van der Waals surface area contributed by atoms with E-state index in [1.165, 1.54) is 5.56 Å². The van der Waals surface area contributed by atoms with Gasteiger partial charge in [-0.3, -0.25) is 0 Å². The number of pyridine rings is 1. The molecule has 5 nitrogen and oxygen atoms in total. The van der Waals surface area contributed by atoms with Crippen LogP contribution >= 0.6 is 11.6 Å². The van der Waals surface area contributed by atoms with E-state index in [0.717, 1.165) is 61.3 Å². The fraction of sp³-hybridized carbons (Fsp3) is 0.409. The Balaban J connectivity index is 1.35. The number of anilines is 1. The monoisotopic (exact) mass is 393 g/mol.